The van der Waals surface area contributed by atoms with E-state index in [1.54, 1.807) is 12.4 Å². The van der Waals surface area contributed by atoms with Gasteiger partial charge in [-0.1, -0.05) is 0 Å². The van der Waals surface area contributed by atoms with E-state index in [9.17, 15) is 13.2 Å². The number of pyridine rings is 1. The molecule has 1 aromatic carbocycles. The first-order chi connectivity index (χ1) is 9.15. The maximum Gasteiger partial charge on any atom is 0.387 e. The zero-order chi connectivity index (χ0) is 13.7. The molecular weight excluding hydrogens is 257 g/mol. The third kappa shape index (κ3) is 3.87. The van der Waals surface area contributed by atoms with Crippen LogP contribution in [0.5, 0.6) is 5.75 Å². The number of halogens is 3. The van der Waals surface area contributed by atoms with Gasteiger partial charge in [0.2, 0.25) is 0 Å². The molecule has 6 heteroatoms. The molecule has 0 fully saturated rings. The lowest BCUT2D eigenvalue weighted by Gasteiger charge is -2.09. The van der Waals surface area contributed by atoms with Crippen molar-refractivity contribution >= 4 is 5.69 Å². The van der Waals surface area contributed by atoms with Crippen LogP contribution in [-0.2, 0) is 6.54 Å². The number of anilines is 1. The highest BCUT2D eigenvalue weighted by Gasteiger charge is 2.10. The minimum absolute atomic E-state index is 0.468. The zero-order valence-corrected chi connectivity index (χ0v) is 9.82. The molecule has 0 radical (unpaired) electrons. The Balaban J connectivity index is 2.00. The maximum atomic E-state index is 13.4. The Morgan fingerprint density at radius 1 is 1.16 bits per heavy atom. The van der Waals surface area contributed by atoms with Crippen molar-refractivity contribution in [2.45, 2.75) is 13.2 Å². The second-order valence-electron chi connectivity index (χ2n) is 3.73. The maximum absolute atomic E-state index is 13.4. The number of alkyl halides is 2. The van der Waals surface area contributed by atoms with Gasteiger partial charge in [-0.05, 0) is 29.8 Å². The fourth-order valence-corrected chi connectivity index (χ4v) is 1.51. The molecule has 0 aliphatic carbocycles. The Bertz CT molecular complexity index is 535. The van der Waals surface area contributed by atoms with Gasteiger partial charge < -0.3 is 10.1 Å². The molecule has 1 N–H and O–H groups in total. The monoisotopic (exact) mass is 268 g/mol. The van der Waals surface area contributed by atoms with E-state index in [1.807, 2.05) is 12.1 Å². The van der Waals surface area contributed by atoms with Crippen molar-refractivity contribution in [2.75, 3.05) is 5.32 Å². The third-order valence-electron chi connectivity index (χ3n) is 2.39. The number of hydrogen-bond donors (Lipinski definition) is 1. The van der Waals surface area contributed by atoms with Gasteiger partial charge in [0.1, 0.15) is 0 Å². The van der Waals surface area contributed by atoms with Gasteiger partial charge in [-0.3, -0.25) is 4.98 Å². The molecule has 0 aliphatic rings. The fraction of sp³-hybridized carbons (Fsp3) is 0.154. The number of nitrogens with one attached hydrogen (secondary N) is 1. The lowest BCUT2D eigenvalue weighted by molar-refractivity contribution is -0.0521. The van der Waals surface area contributed by atoms with Crippen LogP contribution in [0.25, 0.3) is 0 Å². The summed E-state index contributed by atoms with van der Waals surface area (Å²) in [6, 6.07) is 7.38. The van der Waals surface area contributed by atoms with Crippen LogP contribution in [-0.4, -0.2) is 11.6 Å². The first kappa shape index (κ1) is 13.2. The molecular formula is C13H11F3N2O. The van der Waals surface area contributed by atoms with Crippen LogP contribution >= 0.6 is 0 Å². The van der Waals surface area contributed by atoms with E-state index < -0.39 is 18.2 Å². The first-order valence-corrected chi connectivity index (χ1v) is 5.52. The van der Waals surface area contributed by atoms with E-state index >= 15 is 0 Å². The predicted octanol–water partition coefficient (Wildman–Crippen LogP) is 3.43. The number of aromatic nitrogens is 1. The minimum Gasteiger partial charge on any atom is -0.432 e. The molecule has 1 heterocycles. The summed E-state index contributed by atoms with van der Waals surface area (Å²) in [6.07, 6.45) is 3.30. The normalized spacial score (nSPS) is 10.5. The quantitative estimate of drug-likeness (QED) is 0.902. The highest BCUT2D eigenvalue weighted by Crippen LogP contribution is 2.23. The number of ether oxygens (including phenoxy) is 1. The standard InChI is InChI=1S/C13H11F3N2O/c14-11-7-10(1-2-12(11)19-13(15)16)18-8-9-3-5-17-6-4-9/h1-7,13,18H,8H2. The Morgan fingerprint density at radius 3 is 2.53 bits per heavy atom. The van der Waals surface area contributed by atoms with Gasteiger partial charge >= 0.3 is 6.61 Å². The van der Waals surface area contributed by atoms with Crippen LogP contribution in [0.2, 0.25) is 0 Å². The topological polar surface area (TPSA) is 34.2 Å². The van der Waals surface area contributed by atoms with E-state index in [0.717, 1.165) is 17.7 Å². The molecule has 2 aromatic rings. The number of benzene rings is 1. The molecule has 3 nitrogen and oxygen atoms in total. The summed E-state index contributed by atoms with van der Waals surface area (Å²) in [7, 11) is 0. The van der Waals surface area contributed by atoms with Gasteiger partial charge in [0, 0.05) is 30.7 Å². The van der Waals surface area contributed by atoms with E-state index in [-0.39, 0.29) is 0 Å². The summed E-state index contributed by atoms with van der Waals surface area (Å²) in [5.41, 5.74) is 1.46. The van der Waals surface area contributed by atoms with E-state index in [4.69, 9.17) is 0 Å². The van der Waals surface area contributed by atoms with Crippen LogP contribution < -0.4 is 10.1 Å². The van der Waals surface area contributed by atoms with Crippen molar-refractivity contribution in [1.29, 1.82) is 0 Å². The molecule has 19 heavy (non-hydrogen) atoms. The third-order valence-corrected chi connectivity index (χ3v) is 2.39. The van der Waals surface area contributed by atoms with E-state index in [1.165, 1.54) is 6.07 Å². The first-order valence-electron chi connectivity index (χ1n) is 5.52. The van der Waals surface area contributed by atoms with Gasteiger partial charge in [0.15, 0.2) is 11.6 Å². The molecule has 0 aliphatic heterocycles. The number of nitrogens with zero attached hydrogens (tertiary/aromatic N) is 1. The molecule has 0 spiro atoms. The Hall–Kier alpha value is -2.24. The molecule has 0 saturated carbocycles. The summed E-state index contributed by atoms with van der Waals surface area (Å²) in [4.78, 5) is 3.88. The van der Waals surface area contributed by atoms with Gasteiger partial charge in [0.05, 0.1) is 0 Å². The average Bonchev–Trinajstić information content (AvgIpc) is 2.40. The van der Waals surface area contributed by atoms with Crippen molar-refractivity contribution in [2.24, 2.45) is 0 Å². The van der Waals surface area contributed by atoms with E-state index in [0.29, 0.717) is 12.2 Å². The van der Waals surface area contributed by atoms with Crippen molar-refractivity contribution < 1.29 is 17.9 Å². The average molecular weight is 268 g/mol. The lowest BCUT2D eigenvalue weighted by Crippen LogP contribution is -2.05. The van der Waals surface area contributed by atoms with Gasteiger partial charge in [0.25, 0.3) is 0 Å². The zero-order valence-electron chi connectivity index (χ0n) is 9.82. The van der Waals surface area contributed by atoms with Crippen LogP contribution in [0.15, 0.2) is 42.7 Å². The van der Waals surface area contributed by atoms with Crippen molar-refractivity contribution in [3.8, 4) is 5.75 Å². The van der Waals surface area contributed by atoms with Crippen molar-refractivity contribution in [3.63, 3.8) is 0 Å². The molecule has 1 aromatic heterocycles. The second kappa shape index (κ2) is 6.08. The fourth-order valence-electron chi connectivity index (χ4n) is 1.51. The molecule has 0 unspecified atom stereocenters. The van der Waals surface area contributed by atoms with Gasteiger partial charge in [-0.15, -0.1) is 0 Å². The van der Waals surface area contributed by atoms with Gasteiger partial charge in [-0.25, -0.2) is 4.39 Å². The van der Waals surface area contributed by atoms with Gasteiger partial charge in [-0.2, -0.15) is 8.78 Å². The van der Waals surface area contributed by atoms with Crippen LogP contribution in [0.4, 0.5) is 18.9 Å². The Labute approximate surface area is 108 Å². The minimum atomic E-state index is -3.04. The van der Waals surface area contributed by atoms with Crippen LogP contribution in [0, 0.1) is 5.82 Å². The molecule has 0 bridgehead atoms. The van der Waals surface area contributed by atoms with Crippen LogP contribution in [0.3, 0.4) is 0 Å². The smallest absolute Gasteiger partial charge is 0.387 e. The molecule has 100 valence electrons. The summed E-state index contributed by atoms with van der Waals surface area (Å²) < 4.78 is 41.4. The number of rotatable bonds is 5. The van der Waals surface area contributed by atoms with Crippen molar-refractivity contribution in [3.05, 3.63) is 54.1 Å². The Kier molecular flexibility index (Phi) is 4.22. The summed E-state index contributed by atoms with van der Waals surface area (Å²) in [6.45, 7) is -2.55. The van der Waals surface area contributed by atoms with E-state index in [2.05, 4.69) is 15.0 Å². The Morgan fingerprint density at radius 2 is 1.89 bits per heavy atom. The largest absolute Gasteiger partial charge is 0.432 e. The second-order valence-corrected chi connectivity index (χ2v) is 3.73. The summed E-state index contributed by atoms with van der Waals surface area (Å²) in [5, 5.41) is 2.97. The molecule has 2 rings (SSSR count). The molecule has 0 saturated heterocycles. The van der Waals surface area contributed by atoms with Crippen LogP contribution in [0.1, 0.15) is 5.56 Å². The highest BCUT2D eigenvalue weighted by molar-refractivity contribution is 5.47. The highest BCUT2D eigenvalue weighted by atomic mass is 19.3. The molecule has 0 amide bonds. The van der Waals surface area contributed by atoms with Crippen molar-refractivity contribution in [1.82, 2.24) is 4.98 Å². The molecule has 0 atom stereocenters. The lowest BCUT2D eigenvalue weighted by atomic mass is 10.2. The summed E-state index contributed by atoms with van der Waals surface area (Å²) >= 11 is 0. The summed E-state index contributed by atoms with van der Waals surface area (Å²) in [5.74, 6) is -1.30. The predicted molar refractivity (Wildman–Crippen MR) is 64.6 cm³/mol. The number of hydrogen-bond acceptors (Lipinski definition) is 3. The SMILES string of the molecule is Fc1cc(NCc2ccncc2)ccc1OC(F)F.